The Morgan fingerprint density at radius 2 is 1.79 bits per heavy atom. The minimum absolute atomic E-state index is 0.257. The number of hydrogen-bond acceptors (Lipinski definition) is 2. The second-order valence-corrected chi connectivity index (χ2v) is 5.21. The third-order valence-corrected chi connectivity index (χ3v) is 3.71. The summed E-state index contributed by atoms with van der Waals surface area (Å²) in [4.78, 5) is 0. The fourth-order valence-corrected chi connectivity index (χ4v) is 2.60. The Kier molecular flexibility index (Phi) is 4.83. The van der Waals surface area contributed by atoms with Gasteiger partial charge in [0.2, 0.25) is 0 Å². The van der Waals surface area contributed by atoms with Gasteiger partial charge in [-0.15, -0.1) is 0 Å². The Morgan fingerprint density at radius 1 is 1.05 bits per heavy atom. The zero-order valence-electron chi connectivity index (χ0n) is 10.3. The smallest absolute Gasteiger partial charge is 0.0871 e. The Labute approximate surface area is 122 Å². The van der Waals surface area contributed by atoms with Crippen LogP contribution in [0, 0.1) is 0 Å². The summed E-state index contributed by atoms with van der Waals surface area (Å²) in [5, 5.41) is 11.7. The van der Waals surface area contributed by atoms with Crippen LogP contribution in [-0.4, -0.2) is 11.7 Å². The van der Waals surface area contributed by atoms with Crippen LogP contribution in [0.1, 0.15) is 23.1 Å². The van der Waals surface area contributed by atoms with Crippen molar-refractivity contribution >= 4 is 23.2 Å². The van der Waals surface area contributed by atoms with Crippen molar-refractivity contribution in [2.75, 3.05) is 6.54 Å². The molecule has 0 radical (unpaired) electrons. The first-order valence-electron chi connectivity index (χ1n) is 6.01. The lowest BCUT2D eigenvalue weighted by Crippen LogP contribution is -2.20. The van der Waals surface area contributed by atoms with Crippen LogP contribution >= 0.6 is 23.2 Å². The predicted molar refractivity (Wildman–Crippen MR) is 79.7 cm³/mol. The maximum atomic E-state index is 10.5. The molecule has 2 rings (SSSR count). The fourth-order valence-electron chi connectivity index (χ4n) is 2.12. The van der Waals surface area contributed by atoms with E-state index < -0.39 is 6.10 Å². The minimum Gasteiger partial charge on any atom is -0.388 e. The average molecular weight is 296 g/mol. The first-order chi connectivity index (χ1) is 9.13. The van der Waals surface area contributed by atoms with Gasteiger partial charge in [-0.25, -0.2) is 0 Å². The molecule has 0 fully saturated rings. The van der Waals surface area contributed by atoms with Gasteiger partial charge in [-0.05, 0) is 29.3 Å². The quantitative estimate of drug-likeness (QED) is 0.902. The van der Waals surface area contributed by atoms with Crippen molar-refractivity contribution in [2.45, 2.75) is 12.0 Å². The van der Waals surface area contributed by atoms with Crippen molar-refractivity contribution in [1.82, 2.24) is 0 Å². The molecule has 100 valence electrons. The average Bonchev–Trinajstić information content (AvgIpc) is 2.41. The highest BCUT2D eigenvalue weighted by Gasteiger charge is 2.23. The number of aliphatic hydroxyl groups excluding tert-OH is 1. The molecule has 2 unspecified atom stereocenters. The van der Waals surface area contributed by atoms with Crippen LogP contribution in [0.4, 0.5) is 0 Å². The van der Waals surface area contributed by atoms with Gasteiger partial charge in [0.05, 0.1) is 6.10 Å². The summed E-state index contributed by atoms with van der Waals surface area (Å²) >= 11 is 12.1. The number of aliphatic hydroxyl groups is 1. The molecule has 2 aromatic carbocycles. The zero-order valence-corrected chi connectivity index (χ0v) is 11.8. The van der Waals surface area contributed by atoms with E-state index in [4.69, 9.17) is 28.9 Å². The van der Waals surface area contributed by atoms with E-state index in [2.05, 4.69) is 0 Å². The van der Waals surface area contributed by atoms with Crippen molar-refractivity contribution in [2.24, 2.45) is 5.73 Å². The van der Waals surface area contributed by atoms with Crippen LogP contribution in [0.2, 0.25) is 10.0 Å². The molecule has 0 amide bonds. The van der Waals surface area contributed by atoms with Gasteiger partial charge in [0, 0.05) is 22.5 Å². The van der Waals surface area contributed by atoms with Gasteiger partial charge >= 0.3 is 0 Å². The van der Waals surface area contributed by atoms with E-state index >= 15 is 0 Å². The van der Waals surface area contributed by atoms with Gasteiger partial charge in [0.15, 0.2) is 0 Å². The van der Waals surface area contributed by atoms with Crippen LogP contribution in [-0.2, 0) is 0 Å². The summed E-state index contributed by atoms with van der Waals surface area (Å²) in [6.45, 7) is 0.303. The monoisotopic (exact) mass is 295 g/mol. The standard InChI is InChI=1S/C15H15Cl2NO/c16-11-5-3-4-10(8-11)15(19)13(9-18)12-6-1-2-7-14(12)17/h1-8,13,15,19H,9,18H2. The van der Waals surface area contributed by atoms with Crippen LogP contribution in [0.3, 0.4) is 0 Å². The molecule has 4 heteroatoms. The molecule has 0 aliphatic rings. The normalized spacial score (nSPS) is 14.1. The predicted octanol–water partition coefficient (Wildman–Crippen LogP) is 3.77. The van der Waals surface area contributed by atoms with Gasteiger partial charge in [-0.3, -0.25) is 0 Å². The molecular formula is C15H15Cl2NO. The van der Waals surface area contributed by atoms with Gasteiger partial charge in [0.1, 0.15) is 0 Å². The van der Waals surface area contributed by atoms with Crippen molar-refractivity contribution in [1.29, 1.82) is 0 Å². The molecule has 0 heterocycles. The Balaban J connectivity index is 2.35. The van der Waals surface area contributed by atoms with E-state index in [9.17, 15) is 5.11 Å². The number of rotatable bonds is 4. The third kappa shape index (κ3) is 3.28. The van der Waals surface area contributed by atoms with Gasteiger partial charge in [-0.1, -0.05) is 53.5 Å². The van der Waals surface area contributed by atoms with Crippen LogP contribution in [0.15, 0.2) is 48.5 Å². The summed E-state index contributed by atoms with van der Waals surface area (Å²) in [6.07, 6.45) is -0.733. The highest BCUT2D eigenvalue weighted by atomic mass is 35.5. The van der Waals surface area contributed by atoms with E-state index in [0.29, 0.717) is 16.6 Å². The number of benzene rings is 2. The number of halogens is 2. The van der Waals surface area contributed by atoms with Crippen molar-refractivity contribution in [3.8, 4) is 0 Å². The first kappa shape index (κ1) is 14.4. The highest BCUT2D eigenvalue weighted by molar-refractivity contribution is 6.31. The highest BCUT2D eigenvalue weighted by Crippen LogP contribution is 2.34. The maximum Gasteiger partial charge on any atom is 0.0871 e. The number of nitrogens with two attached hydrogens (primary N) is 1. The van der Waals surface area contributed by atoms with Crippen LogP contribution < -0.4 is 5.73 Å². The molecule has 0 saturated carbocycles. The Hall–Kier alpha value is -1.06. The lowest BCUT2D eigenvalue weighted by molar-refractivity contribution is 0.147. The van der Waals surface area contributed by atoms with Crippen molar-refractivity contribution in [3.05, 3.63) is 69.7 Å². The van der Waals surface area contributed by atoms with Crippen molar-refractivity contribution in [3.63, 3.8) is 0 Å². The van der Waals surface area contributed by atoms with E-state index in [1.54, 1.807) is 24.3 Å². The summed E-state index contributed by atoms with van der Waals surface area (Å²) in [5.74, 6) is -0.257. The molecule has 0 aliphatic carbocycles. The summed E-state index contributed by atoms with van der Waals surface area (Å²) < 4.78 is 0. The SMILES string of the molecule is NCC(c1ccccc1Cl)C(O)c1cccc(Cl)c1. The topological polar surface area (TPSA) is 46.2 Å². The maximum absolute atomic E-state index is 10.5. The summed E-state index contributed by atoms with van der Waals surface area (Å²) in [7, 11) is 0. The molecule has 2 atom stereocenters. The second kappa shape index (κ2) is 6.40. The molecule has 0 bridgehead atoms. The minimum atomic E-state index is -0.733. The van der Waals surface area contributed by atoms with Gasteiger partial charge in [-0.2, -0.15) is 0 Å². The number of hydrogen-bond donors (Lipinski definition) is 2. The molecule has 0 aliphatic heterocycles. The summed E-state index contributed by atoms with van der Waals surface area (Å²) in [6, 6.07) is 14.6. The molecule has 2 nitrogen and oxygen atoms in total. The van der Waals surface area contributed by atoms with E-state index in [-0.39, 0.29) is 5.92 Å². The summed E-state index contributed by atoms with van der Waals surface area (Å²) in [5.41, 5.74) is 7.38. The van der Waals surface area contributed by atoms with Crippen LogP contribution in [0.5, 0.6) is 0 Å². The van der Waals surface area contributed by atoms with Crippen LogP contribution in [0.25, 0.3) is 0 Å². The molecule has 0 saturated heterocycles. The van der Waals surface area contributed by atoms with Crippen molar-refractivity contribution < 1.29 is 5.11 Å². The lowest BCUT2D eigenvalue weighted by atomic mass is 9.89. The first-order valence-corrected chi connectivity index (χ1v) is 6.77. The van der Waals surface area contributed by atoms with E-state index in [1.807, 2.05) is 24.3 Å². The molecule has 0 spiro atoms. The lowest BCUT2D eigenvalue weighted by Gasteiger charge is -2.23. The Bertz CT molecular complexity index is 559. The fraction of sp³-hybridized carbons (Fsp3) is 0.200. The van der Waals surface area contributed by atoms with Gasteiger partial charge < -0.3 is 10.8 Å². The third-order valence-electron chi connectivity index (χ3n) is 3.13. The molecule has 2 aromatic rings. The molecular weight excluding hydrogens is 281 g/mol. The zero-order chi connectivity index (χ0) is 13.8. The molecule has 0 aromatic heterocycles. The molecule has 3 N–H and O–H groups in total. The Morgan fingerprint density at radius 3 is 2.42 bits per heavy atom. The van der Waals surface area contributed by atoms with Gasteiger partial charge in [0.25, 0.3) is 0 Å². The van der Waals surface area contributed by atoms with E-state index in [1.165, 1.54) is 0 Å². The largest absolute Gasteiger partial charge is 0.388 e. The second-order valence-electron chi connectivity index (χ2n) is 4.36. The molecule has 19 heavy (non-hydrogen) atoms. The van der Waals surface area contributed by atoms with E-state index in [0.717, 1.165) is 11.1 Å².